The summed E-state index contributed by atoms with van der Waals surface area (Å²) in [5, 5.41) is 0. The van der Waals surface area contributed by atoms with Gasteiger partial charge >= 0.3 is 0 Å². The molecule has 0 spiro atoms. The van der Waals surface area contributed by atoms with Gasteiger partial charge in [0.25, 0.3) is 0 Å². The Balaban J connectivity index is 2.25. The Hall–Kier alpha value is -1.42. The maximum Gasteiger partial charge on any atom is 0.222 e. The molecular weight excluding hydrogens is 219 g/mol. The molecule has 0 saturated heterocycles. The zero-order chi connectivity index (χ0) is 12.5. The lowest BCUT2D eigenvalue weighted by Crippen LogP contribution is -2.28. The van der Waals surface area contributed by atoms with E-state index in [-0.39, 0.29) is 11.2 Å². The van der Waals surface area contributed by atoms with Crippen LogP contribution in [0, 0.1) is 0 Å². The highest BCUT2D eigenvalue weighted by molar-refractivity contribution is 5.62. The molecule has 0 bridgehead atoms. The van der Waals surface area contributed by atoms with Gasteiger partial charge < -0.3 is 10.2 Å². The second kappa shape index (κ2) is 4.45. The van der Waals surface area contributed by atoms with Crippen LogP contribution in [0.2, 0.25) is 0 Å². The number of allylic oxidation sites excluding steroid dienone is 4. The van der Waals surface area contributed by atoms with Crippen LogP contribution in [0.5, 0.6) is 0 Å². The van der Waals surface area contributed by atoms with E-state index in [1.165, 1.54) is 6.08 Å². The first-order chi connectivity index (χ1) is 8.03. The number of nitrogens with zero attached hydrogens (tertiary/aromatic N) is 1. The maximum atomic E-state index is 12.9. The quantitative estimate of drug-likeness (QED) is 0.877. The average Bonchev–Trinajstić information content (AvgIpc) is 2.80. The molecular formula is C13H17FN2O. The van der Waals surface area contributed by atoms with Crippen LogP contribution in [-0.4, -0.2) is 11.5 Å². The first-order valence-corrected chi connectivity index (χ1v) is 5.74. The van der Waals surface area contributed by atoms with Gasteiger partial charge in [0.15, 0.2) is 0 Å². The highest BCUT2D eigenvalue weighted by Gasteiger charge is 2.24. The predicted octanol–water partition coefficient (Wildman–Crippen LogP) is 2.94. The standard InChI is InChI=1S/C13H17FN2O/c1-13(2,8-15)11-7-17-12(16-11)9-3-5-10(14)6-4-9/h3,5,7H,4,6,8,15H2,1-2H3. The van der Waals surface area contributed by atoms with E-state index >= 15 is 0 Å². The predicted molar refractivity (Wildman–Crippen MR) is 65.0 cm³/mol. The topological polar surface area (TPSA) is 52.0 Å². The van der Waals surface area contributed by atoms with E-state index in [4.69, 9.17) is 10.2 Å². The lowest BCUT2D eigenvalue weighted by Gasteiger charge is -2.18. The zero-order valence-electron chi connectivity index (χ0n) is 10.2. The Labute approximate surface area is 100 Å². The smallest absolute Gasteiger partial charge is 0.222 e. The molecule has 1 aromatic heterocycles. The number of nitrogens with two attached hydrogens (primary N) is 1. The molecule has 0 atom stereocenters. The van der Waals surface area contributed by atoms with Crippen molar-refractivity contribution in [2.75, 3.05) is 6.54 Å². The first kappa shape index (κ1) is 12.0. The zero-order valence-corrected chi connectivity index (χ0v) is 10.2. The lowest BCUT2D eigenvalue weighted by atomic mass is 9.90. The Bertz CT molecular complexity index is 472. The largest absolute Gasteiger partial charge is 0.445 e. The molecule has 0 amide bonds. The van der Waals surface area contributed by atoms with Gasteiger partial charge in [-0.2, -0.15) is 0 Å². The summed E-state index contributed by atoms with van der Waals surface area (Å²) in [6.07, 6.45) is 5.88. The van der Waals surface area contributed by atoms with Gasteiger partial charge in [0.05, 0.1) is 5.69 Å². The Morgan fingerprint density at radius 1 is 1.41 bits per heavy atom. The molecule has 1 heterocycles. The van der Waals surface area contributed by atoms with Gasteiger partial charge in [0.2, 0.25) is 5.89 Å². The number of hydrogen-bond donors (Lipinski definition) is 1. The van der Waals surface area contributed by atoms with Crippen LogP contribution in [0.4, 0.5) is 4.39 Å². The molecule has 1 aliphatic carbocycles. The summed E-state index contributed by atoms with van der Waals surface area (Å²) in [6.45, 7) is 4.54. The average molecular weight is 236 g/mol. The normalized spacial score (nSPS) is 16.7. The summed E-state index contributed by atoms with van der Waals surface area (Å²) < 4.78 is 18.3. The van der Waals surface area contributed by atoms with Crippen molar-refractivity contribution in [1.82, 2.24) is 4.98 Å². The molecule has 92 valence electrons. The molecule has 4 heteroatoms. The lowest BCUT2D eigenvalue weighted by molar-refractivity contribution is 0.506. The maximum absolute atomic E-state index is 12.9. The number of aromatic nitrogens is 1. The van der Waals surface area contributed by atoms with Crippen molar-refractivity contribution < 1.29 is 8.81 Å². The van der Waals surface area contributed by atoms with E-state index in [9.17, 15) is 4.39 Å². The number of rotatable bonds is 3. The van der Waals surface area contributed by atoms with Crippen molar-refractivity contribution in [2.24, 2.45) is 5.73 Å². The van der Waals surface area contributed by atoms with Crippen molar-refractivity contribution in [1.29, 1.82) is 0 Å². The molecule has 1 aliphatic rings. The summed E-state index contributed by atoms with van der Waals surface area (Å²) in [4.78, 5) is 4.43. The van der Waals surface area contributed by atoms with Crippen LogP contribution in [0.25, 0.3) is 5.57 Å². The molecule has 0 unspecified atom stereocenters. The van der Waals surface area contributed by atoms with Crippen LogP contribution in [0.1, 0.15) is 38.3 Å². The number of oxazole rings is 1. The first-order valence-electron chi connectivity index (χ1n) is 5.74. The Kier molecular flexibility index (Phi) is 3.15. The fourth-order valence-electron chi connectivity index (χ4n) is 1.63. The fourth-order valence-corrected chi connectivity index (χ4v) is 1.63. The van der Waals surface area contributed by atoms with E-state index < -0.39 is 0 Å². The van der Waals surface area contributed by atoms with Gasteiger partial charge in [-0.3, -0.25) is 0 Å². The molecule has 1 aromatic rings. The van der Waals surface area contributed by atoms with Crippen LogP contribution in [-0.2, 0) is 5.41 Å². The van der Waals surface area contributed by atoms with Crippen LogP contribution < -0.4 is 5.73 Å². The van der Waals surface area contributed by atoms with Crippen LogP contribution in [0.15, 0.2) is 28.7 Å². The van der Waals surface area contributed by atoms with Gasteiger partial charge in [-0.1, -0.05) is 19.9 Å². The van der Waals surface area contributed by atoms with Gasteiger partial charge in [-0.25, -0.2) is 9.37 Å². The van der Waals surface area contributed by atoms with Crippen molar-refractivity contribution in [3.05, 3.63) is 35.8 Å². The molecule has 0 fully saturated rings. The molecule has 0 radical (unpaired) electrons. The molecule has 3 nitrogen and oxygen atoms in total. The minimum atomic E-state index is -0.196. The monoisotopic (exact) mass is 236 g/mol. The summed E-state index contributed by atoms with van der Waals surface area (Å²) in [6, 6.07) is 0. The highest BCUT2D eigenvalue weighted by Crippen LogP contribution is 2.29. The third kappa shape index (κ3) is 2.47. The van der Waals surface area contributed by atoms with E-state index in [2.05, 4.69) is 4.98 Å². The van der Waals surface area contributed by atoms with Crippen LogP contribution >= 0.6 is 0 Å². The van der Waals surface area contributed by atoms with Gasteiger partial charge in [0.1, 0.15) is 12.1 Å². The Morgan fingerprint density at radius 2 is 2.18 bits per heavy atom. The van der Waals surface area contributed by atoms with Crippen molar-refractivity contribution in [2.45, 2.75) is 32.1 Å². The van der Waals surface area contributed by atoms with Gasteiger partial charge in [0, 0.05) is 24.0 Å². The van der Waals surface area contributed by atoms with E-state index in [0.29, 0.717) is 25.3 Å². The molecule has 2 N–H and O–H groups in total. The number of halogens is 1. The minimum absolute atomic E-state index is 0.0946. The van der Waals surface area contributed by atoms with Crippen molar-refractivity contribution >= 4 is 5.57 Å². The summed E-state index contributed by atoms with van der Waals surface area (Å²) in [5.74, 6) is 0.480. The molecule has 0 aromatic carbocycles. The fraction of sp³-hybridized carbons (Fsp3) is 0.462. The second-order valence-corrected chi connectivity index (χ2v) is 4.93. The van der Waals surface area contributed by atoms with Gasteiger partial charge in [-0.05, 0) is 12.5 Å². The third-order valence-electron chi connectivity index (χ3n) is 3.08. The van der Waals surface area contributed by atoms with E-state index in [1.807, 2.05) is 13.8 Å². The molecule has 17 heavy (non-hydrogen) atoms. The molecule has 0 saturated carbocycles. The number of hydrogen-bond acceptors (Lipinski definition) is 3. The molecule has 0 aliphatic heterocycles. The Morgan fingerprint density at radius 3 is 2.76 bits per heavy atom. The minimum Gasteiger partial charge on any atom is -0.445 e. The van der Waals surface area contributed by atoms with Crippen LogP contribution in [0.3, 0.4) is 0 Å². The van der Waals surface area contributed by atoms with E-state index in [1.54, 1.807) is 12.3 Å². The van der Waals surface area contributed by atoms with Crippen molar-refractivity contribution in [3.8, 4) is 0 Å². The third-order valence-corrected chi connectivity index (χ3v) is 3.08. The van der Waals surface area contributed by atoms with E-state index in [0.717, 1.165) is 11.3 Å². The summed E-state index contributed by atoms with van der Waals surface area (Å²) in [5.41, 5.74) is 7.27. The summed E-state index contributed by atoms with van der Waals surface area (Å²) in [7, 11) is 0. The second-order valence-electron chi connectivity index (χ2n) is 4.93. The molecule has 2 rings (SSSR count). The highest BCUT2D eigenvalue weighted by atomic mass is 19.1. The van der Waals surface area contributed by atoms with Gasteiger partial charge in [-0.15, -0.1) is 0 Å². The SMILES string of the molecule is CC(C)(CN)c1coc(C2=CC=C(F)CC2)n1. The van der Waals surface area contributed by atoms with Crippen molar-refractivity contribution in [3.63, 3.8) is 0 Å². The summed E-state index contributed by atoms with van der Waals surface area (Å²) >= 11 is 0.